The SMILES string of the molecule is O=C(O)C(F)C1(O)C=CC(F)(F)CC1. The third kappa shape index (κ3) is 2.06. The van der Waals surface area contributed by atoms with Crippen molar-refractivity contribution in [3.8, 4) is 0 Å². The van der Waals surface area contributed by atoms with Gasteiger partial charge in [-0.25, -0.2) is 18.0 Å². The van der Waals surface area contributed by atoms with E-state index >= 15 is 0 Å². The van der Waals surface area contributed by atoms with E-state index in [0.717, 1.165) is 0 Å². The molecule has 0 radical (unpaired) electrons. The van der Waals surface area contributed by atoms with Crippen LogP contribution < -0.4 is 0 Å². The van der Waals surface area contributed by atoms with Gasteiger partial charge in [0.2, 0.25) is 6.17 Å². The Labute approximate surface area is 77.8 Å². The summed E-state index contributed by atoms with van der Waals surface area (Å²) in [6.07, 6.45) is -3.08. The third-order valence-electron chi connectivity index (χ3n) is 2.13. The first-order chi connectivity index (χ1) is 6.27. The number of hydrogen-bond donors (Lipinski definition) is 2. The summed E-state index contributed by atoms with van der Waals surface area (Å²) in [5, 5.41) is 17.6. The van der Waals surface area contributed by atoms with Gasteiger partial charge in [0.1, 0.15) is 5.60 Å². The molecule has 14 heavy (non-hydrogen) atoms. The summed E-state index contributed by atoms with van der Waals surface area (Å²) in [5.41, 5.74) is -2.31. The van der Waals surface area contributed by atoms with Crippen molar-refractivity contribution in [1.29, 1.82) is 0 Å². The van der Waals surface area contributed by atoms with Crippen LogP contribution in [0.1, 0.15) is 12.8 Å². The van der Waals surface area contributed by atoms with Crippen molar-refractivity contribution >= 4 is 5.97 Å². The summed E-state index contributed by atoms with van der Waals surface area (Å²) in [6.45, 7) is 0. The van der Waals surface area contributed by atoms with Gasteiger partial charge in [0.25, 0.3) is 5.92 Å². The molecule has 2 atom stereocenters. The molecule has 0 aromatic carbocycles. The van der Waals surface area contributed by atoms with Gasteiger partial charge in [-0.05, 0) is 18.6 Å². The van der Waals surface area contributed by atoms with Crippen molar-refractivity contribution in [2.45, 2.75) is 30.5 Å². The fourth-order valence-corrected chi connectivity index (χ4v) is 1.22. The molecule has 0 heterocycles. The highest BCUT2D eigenvalue weighted by Gasteiger charge is 2.45. The summed E-state index contributed by atoms with van der Waals surface area (Å²) in [4.78, 5) is 10.2. The number of rotatable bonds is 2. The molecule has 0 aromatic heterocycles. The second-order valence-electron chi connectivity index (χ2n) is 3.29. The van der Waals surface area contributed by atoms with Gasteiger partial charge in [0, 0.05) is 6.42 Å². The van der Waals surface area contributed by atoms with Gasteiger partial charge >= 0.3 is 5.97 Å². The zero-order chi connectivity index (χ0) is 11.0. The number of aliphatic carboxylic acids is 1. The molecule has 0 spiro atoms. The van der Waals surface area contributed by atoms with E-state index in [-0.39, 0.29) is 0 Å². The molecule has 0 saturated carbocycles. The first kappa shape index (κ1) is 11.0. The van der Waals surface area contributed by atoms with Crippen LogP contribution in [0.2, 0.25) is 0 Å². The minimum absolute atomic E-state index is 0.339. The predicted molar refractivity (Wildman–Crippen MR) is 40.8 cm³/mol. The Morgan fingerprint density at radius 2 is 1.93 bits per heavy atom. The van der Waals surface area contributed by atoms with E-state index in [1.54, 1.807) is 0 Å². The van der Waals surface area contributed by atoms with E-state index in [1.807, 2.05) is 0 Å². The lowest BCUT2D eigenvalue weighted by Crippen LogP contribution is -2.46. The summed E-state index contributed by atoms with van der Waals surface area (Å²) < 4.78 is 38.0. The van der Waals surface area contributed by atoms with E-state index in [4.69, 9.17) is 5.11 Å². The molecule has 0 aromatic rings. The standard InChI is InChI=1S/C8H9F3O3/c9-5(6(12)13)7(14)1-3-8(10,11)4-2-7/h1,3,5,14H,2,4H2,(H,12,13). The van der Waals surface area contributed by atoms with Gasteiger partial charge < -0.3 is 10.2 Å². The van der Waals surface area contributed by atoms with Crippen LogP contribution in [0.4, 0.5) is 13.2 Å². The summed E-state index contributed by atoms with van der Waals surface area (Å²) in [7, 11) is 0. The van der Waals surface area contributed by atoms with Crippen LogP contribution >= 0.6 is 0 Å². The molecule has 0 fully saturated rings. The quantitative estimate of drug-likeness (QED) is 0.671. The summed E-state index contributed by atoms with van der Waals surface area (Å²) >= 11 is 0. The minimum Gasteiger partial charge on any atom is -0.479 e. The molecular weight excluding hydrogens is 201 g/mol. The van der Waals surface area contributed by atoms with Crippen LogP contribution in [0.5, 0.6) is 0 Å². The number of carboxylic acids is 1. The maximum Gasteiger partial charge on any atom is 0.341 e. The third-order valence-corrected chi connectivity index (χ3v) is 2.13. The Balaban J connectivity index is 2.84. The molecule has 0 saturated heterocycles. The van der Waals surface area contributed by atoms with Crippen molar-refractivity contribution in [2.24, 2.45) is 0 Å². The largest absolute Gasteiger partial charge is 0.479 e. The minimum atomic E-state index is -3.09. The molecule has 6 heteroatoms. The van der Waals surface area contributed by atoms with Crippen LogP contribution in [0.3, 0.4) is 0 Å². The Morgan fingerprint density at radius 1 is 1.36 bits per heavy atom. The van der Waals surface area contributed by atoms with Crippen LogP contribution in [-0.2, 0) is 4.79 Å². The van der Waals surface area contributed by atoms with E-state index < -0.39 is 36.5 Å². The first-order valence-corrected chi connectivity index (χ1v) is 3.94. The van der Waals surface area contributed by atoms with Crippen molar-refractivity contribution in [2.75, 3.05) is 0 Å². The number of hydrogen-bond acceptors (Lipinski definition) is 2. The highest BCUT2D eigenvalue weighted by Crippen LogP contribution is 2.35. The average molecular weight is 210 g/mol. The number of alkyl halides is 3. The molecule has 3 nitrogen and oxygen atoms in total. The zero-order valence-electron chi connectivity index (χ0n) is 7.08. The fourth-order valence-electron chi connectivity index (χ4n) is 1.22. The summed E-state index contributed by atoms with van der Waals surface area (Å²) in [5.74, 6) is -4.95. The number of allylic oxidation sites excluding steroid dienone is 1. The molecule has 0 aliphatic heterocycles. The average Bonchev–Trinajstić information content (AvgIpc) is 2.09. The Morgan fingerprint density at radius 3 is 2.29 bits per heavy atom. The van der Waals surface area contributed by atoms with Crippen molar-refractivity contribution in [1.82, 2.24) is 0 Å². The normalized spacial score (nSPS) is 32.6. The Bertz CT molecular complexity index is 277. The number of carbonyl (C=O) groups is 1. The van der Waals surface area contributed by atoms with E-state index in [2.05, 4.69) is 0 Å². The molecule has 2 N–H and O–H groups in total. The smallest absolute Gasteiger partial charge is 0.341 e. The van der Waals surface area contributed by atoms with Gasteiger partial charge in [-0.15, -0.1) is 0 Å². The van der Waals surface area contributed by atoms with Crippen LogP contribution in [0.15, 0.2) is 12.2 Å². The van der Waals surface area contributed by atoms with Crippen LogP contribution in [0.25, 0.3) is 0 Å². The maximum atomic E-state index is 12.9. The van der Waals surface area contributed by atoms with Crippen LogP contribution in [-0.4, -0.2) is 33.9 Å². The lowest BCUT2D eigenvalue weighted by Gasteiger charge is -2.31. The summed E-state index contributed by atoms with van der Waals surface area (Å²) in [6, 6.07) is 0. The predicted octanol–water partition coefficient (Wildman–Crippen LogP) is 1.13. The Hall–Kier alpha value is -1.04. The molecule has 1 aliphatic carbocycles. The van der Waals surface area contributed by atoms with Gasteiger partial charge in [0.15, 0.2) is 0 Å². The molecule has 2 unspecified atom stereocenters. The van der Waals surface area contributed by atoms with Crippen molar-refractivity contribution in [3.63, 3.8) is 0 Å². The van der Waals surface area contributed by atoms with Gasteiger partial charge in [-0.3, -0.25) is 0 Å². The topological polar surface area (TPSA) is 57.5 Å². The number of aliphatic hydroxyl groups is 1. The number of halogens is 3. The highest BCUT2D eigenvalue weighted by molar-refractivity contribution is 5.74. The van der Waals surface area contributed by atoms with E-state index in [1.165, 1.54) is 0 Å². The van der Waals surface area contributed by atoms with Gasteiger partial charge in [-0.2, -0.15) is 0 Å². The van der Waals surface area contributed by atoms with E-state index in [9.17, 15) is 23.1 Å². The van der Waals surface area contributed by atoms with Crippen LogP contribution in [0, 0.1) is 0 Å². The van der Waals surface area contributed by atoms with E-state index in [0.29, 0.717) is 12.2 Å². The van der Waals surface area contributed by atoms with Crippen molar-refractivity contribution in [3.05, 3.63) is 12.2 Å². The van der Waals surface area contributed by atoms with Crippen molar-refractivity contribution < 1.29 is 28.2 Å². The van der Waals surface area contributed by atoms with Gasteiger partial charge in [-0.1, -0.05) is 0 Å². The fraction of sp³-hybridized carbons (Fsp3) is 0.625. The van der Waals surface area contributed by atoms with Gasteiger partial charge in [0.05, 0.1) is 0 Å². The molecule has 0 bridgehead atoms. The molecule has 80 valence electrons. The second-order valence-corrected chi connectivity index (χ2v) is 3.29. The monoisotopic (exact) mass is 210 g/mol. The lowest BCUT2D eigenvalue weighted by atomic mass is 9.85. The highest BCUT2D eigenvalue weighted by atomic mass is 19.3. The molecular formula is C8H9F3O3. The number of carboxylic acid groups (broad SMARTS) is 1. The first-order valence-electron chi connectivity index (χ1n) is 3.94. The second kappa shape index (κ2) is 3.27. The molecule has 0 amide bonds. The Kier molecular flexibility index (Phi) is 2.58. The lowest BCUT2D eigenvalue weighted by molar-refractivity contribution is -0.153. The molecule has 1 aliphatic rings. The molecule has 1 rings (SSSR count). The maximum absolute atomic E-state index is 12.9. The zero-order valence-corrected chi connectivity index (χ0v) is 7.08.